The molecule has 0 bridgehead atoms. The highest BCUT2D eigenvalue weighted by molar-refractivity contribution is 6.31. The van der Waals surface area contributed by atoms with Crippen LogP contribution >= 0.6 is 11.6 Å². The second kappa shape index (κ2) is 8.41. The van der Waals surface area contributed by atoms with E-state index >= 15 is 0 Å². The van der Waals surface area contributed by atoms with Crippen molar-refractivity contribution in [2.24, 2.45) is 0 Å². The predicted octanol–water partition coefficient (Wildman–Crippen LogP) is 1.58. The molecule has 2 heterocycles. The van der Waals surface area contributed by atoms with Gasteiger partial charge in [0.25, 0.3) is 5.91 Å². The van der Waals surface area contributed by atoms with Gasteiger partial charge in [0.05, 0.1) is 5.02 Å². The first kappa shape index (κ1) is 16.3. The molecule has 1 aromatic rings. The quantitative estimate of drug-likeness (QED) is 0.752. The maximum absolute atomic E-state index is 12.2. The molecule has 2 N–H and O–H groups in total. The van der Waals surface area contributed by atoms with Gasteiger partial charge in [0.15, 0.2) is 0 Å². The second-order valence-corrected chi connectivity index (χ2v) is 5.87. The second-order valence-electron chi connectivity index (χ2n) is 5.44. The molecule has 1 amide bonds. The number of nitrogens with one attached hydrogen (secondary N) is 2. The van der Waals surface area contributed by atoms with Crippen LogP contribution in [0.5, 0.6) is 0 Å². The van der Waals surface area contributed by atoms with E-state index < -0.39 is 0 Å². The van der Waals surface area contributed by atoms with Crippen molar-refractivity contribution >= 4 is 17.5 Å². The maximum atomic E-state index is 12.2. The van der Waals surface area contributed by atoms with Gasteiger partial charge in [-0.1, -0.05) is 18.5 Å². The third-order valence-corrected chi connectivity index (χ3v) is 3.91. The van der Waals surface area contributed by atoms with Crippen LogP contribution < -0.4 is 10.6 Å². The average molecular weight is 313 g/mol. The highest BCUT2D eigenvalue weighted by Crippen LogP contribution is 2.14. The molecule has 5 nitrogen and oxygen atoms in total. The normalized spacial score (nSPS) is 16.1. The van der Waals surface area contributed by atoms with E-state index in [-0.39, 0.29) is 5.91 Å². The topological polar surface area (TPSA) is 49.3 Å². The van der Waals surface area contributed by atoms with Crippen molar-refractivity contribution in [3.05, 3.63) is 23.0 Å². The van der Waals surface area contributed by atoms with E-state index in [1.54, 1.807) is 6.07 Å². The number of rotatable bonds is 7. The van der Waals surface area contributed by atoms with Crippen LogP contribution in [0.3, 0.4) is 0 Å². The number of halogens is 1. The van der Waals surface area contributed by atoms with Crippen LogP contribution in [0.25, 0.3) is 0 Å². The summed E-state index contributed by atoms with van der Waals surface area (Å²) in [6.07, 6.45) is 3.78. The zero-order valence-electron chi connectivity index (χ0n) is 12.7. The number of amides is 1. The van der Waals surface area contributed by atoms with E-state index in [9.17, 15) is 4.79 Å². The molecule has 0 aromatic carbocycles. The largest absolute Gasteiger partial charge is 0.351 e. The number of carbonyl (C=O) groups is 1. The minimum Gasteiger partial charge on any atom is -0.351 e. The smallest absolute Gasteiger partial charge is 0.267 e. The molecule has 1 aliphatic heterocycles. The minimum absolute atomic E-state index is 0.0318. The summed E-state index contributed by atoms with van der Waals surface area (Å²) >= 11 is 5.99. The van der Waals surface area contributed by atoms with Crippen LogP contribution in [0.15, 0.2) is 12.3 Å². The number of nitrogens with zero attached hydrogens (tertiary/aromatic N) is 2. The highest BCUT2D eigenvalue weighted by atomic mass is 35.5. The van der Waals surface area contributed by atoms with Crippen molar-refractivity contribution in [1.29, 1.82) is 0 Å². The minimum atomic E-state index is -0.0318. The molecular weight excluding hydrogens is 288 g/mol. The van der Waals surface area contributed by atoms with Crippen molar-refractivity contribution in [2.45, 2.75) is 26.3 Å². The summed E-state index contributed by atoms with van der Waals surface area (Å²) in [5.74, 6) is -0.0318. The molecule has 1 aliphatic rings. The summed E-state index contributed by atoms with van der Waals surface area (Å²) in [4.78, 5) is 14.6. The Hall–Kier alpha value is -1.04. The van der Waals surface area contributed by atoms with Crippen LogP contribution in [0.2, 0.25) is 5.02 Å². The third kappa shape index (κ3) is 5.02. The fraction of sp³-hybridized carbons (Fsp3) is 0.667. The summed E-state index contributed by atoms with van der Waals surface area (Å²) in [6, 6.07) is 1.74. The van der Waals surface area contributed by atoms with Gasteiger partial charge in [0.2, 0.25) is 0 Å². The van der Waals surface area contributed by atoms with Crippen LogP contribution in [0.4, 0.5) is 0 Å². The van der Waals surface area contributed by atoms with Crippen molar-refractivity contribution in [3.63, 3.8) is 0 Å². The number of piperazine rings is 1. The fourth-order valence-corrected chi connectivity index (χ4v) is 2.84. The van der Waals surface area contributed by atoms with Crippen LogP contribution in [-0.4, -0.2) is 54.6 Å². The summed E-state index contributed by atoms with van der Waals surface area (Å²) < 4.78 is 1.92. The van der Waals surface area contributed by atoms with Gasteiger partial charge in [-0.3, -0.25) is 4.79 Å². The molecule has 118 valence electrons. The number of hydrogen-bond acceptors (Lipinski definition) is 3. The molecule has 6 heteroatoms. The zero-order chi connectivity index (χ0) is 15.1. The van der Waals surface area contributed by atoms with Gasteiger partial charge in [0.1, 0.15) is 5.69 Å². The summed E-state index contributed by atoms with van der Waals surface area (Å²) in [7, 11) is 0. The van der Waals surface area contributed by atoms with Gasteiger partial charge in [-0.05, 0) is 25.5 Å². The monoisotopic (exact) mass is 312 g/mol. The lowest BCUT2D eigenvalue weighted by atomic mass is 10.3. The van der Waals surface area contributed by atoms with Gasteiger partial charge in [-0.15, -0.1) is 0 Å². The van der Waals surface area contributed by atoms with E-state index in [0.29, 0.717) is 17.3 Å². The first-order valence-corrected chi connectivity index (χ1v) is 8.15. The Labute approximate surface area is 131 Å². The molecule has 21 heavy (non-hydrogen) atoms. The summed E-state index contributed by atoms with van der Waals surface area (Å²) in [6.45, 7) is 8.98. The fourth-order valence-electron chi connectivity index (χ4n) is 2.62. The zero-order valence-corrected chi connectivity index (χ0v) is 13.5. The maximum Gasteiger partial charge on any atom is 0.267 e. The van der Waals surface area contributed by atoms with E-state index in [4.69, 9.17) is 11.6 Å². The molecule has 1 aromatic heterocycles. The first-order valence-electron chi connectivity index (χ1n) is 7.77. The lowest BCUT2D eigenvalue weighted by molar-refractivity contribution is 0.0942. The predicted molar refractivity (Wildman–Crippen MR) is 86.0 cm³/mol. The van der Waals surface area contributed by atoms with Crippen LogP contribution in [0.1, 0.15) is 30.3 Å². The molecule has 2 rings (SSSR count). The van der Waals surface area contributed by atoms with Crippen LogP contribution in [0, 0.1) is 0 Å². The van der Waals surface area contributed by atoms with Crippen molar-refractivity contribution < 1.29 is 4.79 Å². The van der Waals surface area contributed by atoms with E-state index in [0.717, 1.165) is 52.1 Å². The Morgan fingerprint density at radius 2 is 2.14 bits per heavy atom. The number of carbonyl (C=O) groups excluding carboxylic acids is 1. The van der Waals surface area contributed by atoms with Gasteiger partial charge < -0.3 is 20.1 Å². The lowest BCUT2D eigenvalue weighted by Gasteiger charge is -2.27. The molecule has 0 unspecified atom stereocenters. The Balaban J connectivity index is 1.73. The highest BCUT2D eigenvalue weighted by Gasteiger charge is 2.13. The Morgan fingerprint density at radius 3 is 2.86 bits per heavy atom. The lowest BCUT2D eigenvalue weighted by Crippen LogP contribution is -2.44. The number of aryl methyl sites for hydroxylation is 1. The molecule has 0 radical (unpaired) electrons. The molecule has 0 aliphatic carbocycles. The molecular formula is C15H25ClN4O. The summed E-state index contributed by atoms with van der Waals surface area (Å²) in [5, 5.41) is 6.95. The molecule has 1 fully saturated rings. The summed E-state index contributed by atoms with van der Waals surface area (Å²) in [5.41, 5.74) is 0.657. The Kier molecular flexibility index (Phi) is 6.54. The van der Waals surface area contributed by atoms with E-state index in [1.165, 1.54) is 0 Å². The van der Waals surface area contributed by atoms with Crippen LogP contribution in [-0.2, 0) is 6.54 Å². The van der Waals surface area contributed by atoms with Gasteiger partial charge in [-0.2, -0.15) is 0 Å². The van der Waals surface area contributed by atoms with E-state index in [2.05, 4.69) is 22.5 Å². The Morgan fingerprint density at radius 1 is 1.38 bits per heavy atom. The number of hydrogen-bond donors (Lipinski definition) is 2. The third-order valence-electron chi connectivity index (χ3n) is 3.71. The van der Waals surface area contributed by atoms with Gasteiger partial charge >= 0.3 is 0 Å². The van der Waals surface area contributed by atoms with Crippen molar-refractivity contribution in [2.75, 3.05) is 39.3 Å². The van der Waals surface area contributed by atoms with Crippen molar-refractivity contribution in [3.8, 4) is 0 Å². The van der Waals surface area contributed by atoms with Gasteiger partial charge in [-0.25, -0.2) is 0 Å². The average Bonchev–Trinajstić information content (AvgIpc) is 2.86. The molecule has 0 spiro atoms. The van der Waals surface area contributed by atoms with Gasteiger partial charge in [0, 0.05) is 45.5 Å². The standard InChI is InChI=1S/C15H25ClN4O/c1-2-7-20-12-13(16)11-14(20)15(21)18-4-3-8-19-9-5-17-6-10-19/h11-12,17H,2-10H2,1H3,(H,18,21). The Bertz CT molecular complexity index is 455. The molecule has 0 atom stereocenters. The molecule has 1 saturated heterocycles. The first-order chi connectivity index (χ1) is 10.2. The van der Waals surface area contributed by atoms with Crippen molar-refractivity contribution in [1.82, 2.24) is 20.1 Å². The SMILES string of the molecule is CCCn1cc(Cl)cc1C(=O)NCCCN1CCNCC1. The van der Waals surface area contributed by atoms with E-state index in [1.807, 2.05) is 10.8 Å². The number of aromatic nitrogens is 1. The molecule has 0 saturated carbocycles.